The first-order chi connectivity index (χ1) is 11.7. The first-order valence-electron chi connectivity index (χ1n) is 7.42. The average molecular weight is 349 g/mol. The Balaban J connectivity index is 1.73. The Labute approximate surface area is 144 Å². The van der Waals surface area contributed by atoms with Gasteiger partial charge in [-0.25, -0.2) is 5.43 Å². The van der Waals surface area contributed by atoms with Crippen molar-refractivity contribution in [3.63, 3.8) is 0 Å². The Morgan fingerprint density at radius 3 is 2.67 bits per heavy atom. The first-order valence-corrected chi connectivity index (χ1v) is 7.80. The Kier molecular flexibility index (Phi) is 5.39. The van der Waals surface area contributed by atoms with E-state index in [1.165, 1.54) is 7.11 Å². The van der Waals surface area contributed by atoms with E-state index in [9.17, 15) is 0 Å². The molecule has 0 unspecified atom stereocenters. The van der Waals surface area contributed by atoms with Gasteiger partial charge in [-0.2, -0.15) is 20.1 Å². The summed E-state index contributed by atoms with van der Waals surface area (Å²) in [5, 5.41) is 4.81. The number of nitrogens with zero attached hydrogens (tertiary/aromatic N) is 5. The molecule has 0 bridgehead atoms. The fraction of sp³-hybridized carbons (Fsp3) is 0.333. The lowest BCUT2D eigenvalue weighted by molar-refractivity contribution is 0.122. The lowest BCUT2D eigenvalue weighted by atomic mass is 10.2. The molecule has 1 aromatic heterocycles. The van der Waals surface area contributed by atoms with E-state index in [-0.39, 0.29) is 6.01 Å². The molecule has 8 nitrogen and oxygen atoms in total. The smallest absolute Gasteiger partial charge is 0.322 e. The number of hydrogen-bond acceptors (Lipinski definition) is 8. The monoisotopic (exact) mass is 348 g/mol. The van der Waals surface area contributed by atoms with Gasteiger partial charge < -0.3 is 14.4 Å². The Hall–Kier alpha value is -2.45. The lowest BCUT2D eigenvalue weighted by Crippen LogP contribution is -2.37. The van der Waals surface area contributed by atoms with Gasteiger partial charge in [0, 0.05) is 18.1 Å². The number of hydrogen-bond donors (Lipinski definition) is 1. The van der Waals surface area contributed by atoms with Crippen LogP contribution in [0.25, 0.3) is 0 Å². The van der Waals surface area contributed by atoms with Gasteiger partial charge in [-0.3, -0.25) is 0 Å². The van der Waals surface area contributed by atoms with Crippen molar-refractivity contribution in [2.24, 2.45) is 5.10 Å². The molecule has 0 saturated carbocycles. The predicted molar refractivity (Wildman–Crippen MR) is 92.1 cm³/mol. The average Bonchev–Trinajstić information content (AvgIpc) is 2.64. The molecule has 1 aliphatic heterocycles. The van der Waals surface area contributed by atoms with Crippen LogP contribution in [0, 0.1) is 0 Å². The molecule has 1 saturated heterocycles. The van der Waals surface area contributed by atoms with Gasteiger partial charge in [-0.15, -0.1) is 0 Å². The summed E-state index contributed by atoms with van der Waals surface area (Å²) in [5.41, 5.74) is 3.70. The number of benzene rings is 1. The lowest BCUT2D eigenvalue weighted by Gasteiger charge is -2.26. The minimum Gasteiger partial charge on any atom is -0.467 e. The summed E-state index contributed by atoms with van der Waals surface area (Å²) in [7, 11) is 1.51. The van der Waals surface area contributed by atoms with Crippen molar-refractivity contribution in [3.05, 3.63) is 34.9 Å². The standard InChI is InChI=1S/C15H17ClN6O2/c1-23-15-19-13(18-14(20-15)22-6-8-24-9-7-22)21-17-10-11-2-4-12(16)5-3-11/h2-5,10H,6-9H2,1H3,(H,18,19,20,21)/b17-10-. The third-order valence-corrected chi connectivity index (χ3v) is 3.58. The highest BCUT2D eigenvalue weighted by Crippen LogP contribution is 2.16. The quantitative estimate of drug-likeness (QED) is 0.651. The maximum Gasteiger partial charge on any atom is 0.322 e. The molecule has 1 fully saturated rings. The highest BCUT2D eigenvalue weighted by Gasteiger charge is 2.16. The molecule has 3 rings (SSSR count). The van der Waals surface area contributed by atoms with Crippen molar-refractivity contribution in [2.45, 2.75) is 0 Å². The number of rotatable bonds is 5. The van der Waals surface area contributed by atoms with Gasteiger partial charge in [0.1, 0.15) is 0 Å². The number of methoxy groups -OCH3 is 1. The van der Waals surface area contributed by atoms with Crippen LogP contribution in [0.2, 0.25) is 5.02 Å². The Morgan fingerprint density at radius 2 is 1.96 bits per heavy atom. The summed E-state index contributed by atoms with van der Waals surface area (Å²) in [6.07, 6.45) is 1.65. The van der Waals surface area contributed by atoms with E-state index in [0.29, 0.717) is 30.1 Å². The van der Waals surface area contributed by atoms with E-state index in [1.807, 2.05) is 17.0 Å². The highest BCUT2D eigenvalue weighted by atomic mass is 35.5. The van der Waals surface area contributed by atoms with Gasteiger partial charge in [0.05, 0.1) is 26.5 Å². The molecular formula is C15H17ClN6O2. The van der Waals surface area contributed by atoms with E-state index in [2.05, 4.69) is 25.5 Å². The Bertz CT molecular complexity index is 704. The number of nitrogens with one attached hydrogen (secondary N) is 1. The summed E-state index contributed by atoms with van der Waals surface area (Å²) in [6, 6.07) is 7.55. The minimum atomic E-state index is 0.232. The molecular weight excluding hydrogens is 332 g/mol. The van der Waals surface area contributed by atoms with Gasteiger partial charge in [0.25, 0.3) is 5.95 Å². The van der Waals surface area contributed by atoms with Crippen molar-refractivity contribution < 1.29 is 9.47 Å². The number of ether oxygens (including phenoxy) is 2. The van der Waals surface area contributed by atoms with Crippen LogP contribution in [0.1, 0.15) is 5.56 Å². The van der Waals surface area contributed by atoms with E-state index < -0.39 is 0 Å². The fourth-order valence-corrected chi connectivity index (χ4v) is 2.23. The zero-order chi connectivity index (χ0) is 16.8. The van der Waals surface area contributed by atoms with E-state index in [1.54, 1.807) is 18.3 Å². The summed E-state index contributed by atoms with van der Waals surface area (Å²) < 4.78 is 10.5. The number of aromatic nitrogens is 3. The summed E-state index contributed by atoms with van der Waals surface area (Å²) >= 11 is 5.85. The van der Waals surface area contributed by atoms with Crippen LogP contribution in [-0.2, 0) is 4.74 Å². The van der Waals surface area contributed by atoms with Crippen LogP contribution in [0.15, 0.2) is 29.4 Å². The largest absolute Gasteiger partial charge is 0.467 e. The molecule has 1 aliphatic rings. The van der Waals surface area contributed by atoms with Crippen molar-refractivity contribution in [2.75, 3.05) is 43.7 Å². The van der Waals surface area contributed by atoms with Crippen LogP contribution in [0.4, 0.5) is 11.9 Å². The first kappa shape index (κ1) is 16.4. The number of hydrazone groups is 1. The van der Waals surface area contributed by atoms with Gasteiger partial charge in [-0.05, 0) is 17.7 Å². The molecule has 126 valence electrons. The van der Waals surface area contributed by atoms with E-state index in [0.717, 1.165) is 18.7 Å². The molecule has 2 heterocycles. The normalized spacial score (nSPS) is 14.8. The zero-order valence-electron chi connectivity index (χ0n) is 13.1. The third-order valence-electron chi connectivity index (χ3n) is 3.33. The van der Waals surface area contributed by atoms with Gasteiger partial charge in [0.15, 0.2) is 0 Å². The molecule has 24 heavy (non-hydrogen) atoms. The van der Waals surface area contributed by atoms with Crippen LogP contribution in [0.5, 0.6) is 6.01 Å². The van der Waals surface area contributed by atoms with E-state index in [4.69, 9.17) is 21.1 Å². The Morgan fingerprint density at radius 1 is 1.21 bits per heavy atom. The number of halogens is 1. The second kappa shape index (κ2) is 7.89. The van der Waals surface area contributed by atoms with Gasteiger partial charge in [-0.1, -0.05) is 23.7 Å². The van der Waals surface area contributed by atoms with E-state index >= 15 is 0 Å². The van der Waals surface area contributed by atoms with Crippen molar-refractivity contribution >= 4 is 29.7 Å². The third kappa shape index (κ3) is 4.30. The maximum absolute atomic E-state index is 5.85. The number of anilines is 2. The van der Waals surface area contributed by atoms with Crippen LogP contribution < -0.4 is 15.1 Å². The summed E-state index contributed by atoms with van der Waals surface area (Å²) in [4.78, 5) is 14.8. The molecule has 1 N–H and O–H groups in total. The van der Waals surface area contributed by atoms with Crippen molar-refractivity contribution in [1.82, 2.24) is 15.0 Å². The minimum absolute atomic E-state index is 0.232. The topological polar surface area (TPSA) is 84.8 Å². The molecule has 0 spiro atoms. The molecule has 0 radical (unpaired) electrons. The summed E-state index contributed by atoms with van der Waals surface area (Å²) in [6.45, 7) is 2.73. The molecule has 2 aromatic rings. The van der Waals surface area contributed by atoms with Crippen LogP contribution in [0.3, 0.4) is 0 Å². The SMILES string of the molecule is COc1nc(N/N=C\c2ccc(Cl)cc2)nc(N2CCOCC2)n1. The van der Waals surface area contributed by atoms with Gasteiger partial charge >= 0.3 is 6.01 Å². The van der Waals surface area contributed by atoms with Crippen molar-refractivity contribution in [1.29, 1.82) is 0 Å². The fourth-order valence-electron chi connectivity index (χ4n) is 2.11. The zero-order valence-corrected chi connectivity index (χ0v) is 13.9. The number of morpholine rings is 1. The second-order valence-electron chi connectivity index (χ2n) is 4.97. The molecule has 1 aromatic carbocycles. The maximum atomic E-state index is 5.85. The molecule has 0 atom stereocenters. The van der Waals surface area contributed by atoms with Crippen LogP contribution >= 0.6 is 11.6 Å². The highest BCUT2D eigenvalue weighted by molar-refractivity contribution is 6.30. The second-order valence-corrected chi connectivity index (χ2v) is 5.40. The molecule has 9 heteroatoms. The van der Waals surface area contributed by atoms with Crippen LogP contribution in [-0.4, -0.2) is 54.6 Å². The summed E-state index contributed by atoms with van der Waals surface area (Å²) in [5.74, 6) is 0.850. The van der Waals surface area contributed by atoms with Gasteiger partial charge in [0.2, 0.25) is 5.95 Å². The predicted octanol–water partition coefficient (Wildman–Crippen LogP) is 1.82. The molecule has 0 aliphatic carbocycles. The molecule has 0 amide bonds. The van der Waals surface area contributed by atoms with Crippen molar-refractivity contribution in [3.8, 4) is 6.01 Å².